The van der Waals surface area contributed by atoms with Gasteiger partial charge in [0.2, 0.25) is 0 Å². The second-order valence-corrected chi connectivity index (χ2v) is 6.77. The lowest BCUT2D eigenvalue weighted by Crippen LogP contribution is -2.05. The summed E-state index contributed by atoms with van der Waals surface area (Å²) < 4.78 is 0. The van der Waals surface area contributed by atoms with E-state index in [-0.39, 0.29) is 0 Å². The number of hydrogen-bond donors (Lipinski definition) is 2. The van der Waals surface area contributed by atoms with Gasteiger partial charge in [0.05, 0.1) is 0 Å². The van der Waals surface area contributed by atoms with Crippen LogP contribution in [0.5, 0.6) is 0 Å². The molecule has 0 amide bonds. The van der Waals surface area contributed by atoms with Gasteiger partial charge in [-0.1, -0.05) is 0 Å². The van der Waals surface area contributed by atoms with Crippen LogP contribution in [0.1, 0.15) is 6.42 Å². The van der Waals surface area contributed by atoms with Gasteiger partial charge in [-0.25, -0.2) is 10.9 Å². The number of hydrogen-bond acceptors (Lipinski definition) is 2. The van der Waals surface area contributed by atoms with E-state index in [2.05, 4.69) is 24.4 Å². The Bertz CT molecular complexity index is 65.9. The Kier molecular flexibility index (Phi) is 4.35. The summed E-state index contributed by atoms with van der Waals surface area (Å²) in [6, 6.07) is 0. The van der Waals surface area contributed by atoms with Crippen molar-refractivity contribution in [3.63, 3.8) is 0 Å². The highest BCUT2D eigenvalue weighted by Gasteiger charge is 2.07. The normalized spacial score (nSPS) is 32.3. The summed E-state index contributed by atoms with van der Waals surface area (Å²) in [6.45, 7) is 0. The molecule has 1 aliphatic rings. The summed E-state index contributed by atoms with van der Waals surface area (Å²) in [4.78, 5) is 0. The zero-order valence-electron chi connectivity index (χ0n) is 5.55. The topological polar surface area (TPSA) is 0 Å². The first kappa shape index (κ1) is 8.15. The molecular formula is C6H14S3. The monoisotopic (exact) mass is 182 g/mol. The first-order valence-electron chi connectivity index (χ1n) is 3.34. The van der Waals surface area contributed by atoms with E-state index >= 15 is 0 Å². The Hall–Kier alpha value is 1.05. The standard InChI is InChI=1S/C6H14S3/c7-2-5-9-4-1-3-8-6-9/h7,9H,1-6H2. The van der Waals surface area contributed by atoms with Crippen LogP contribution in [-0.4, -0.2) is 28.1 Å². The van der Waals surface area contributed by atoms with Crippen molar-refractivity contribution in [2.45, 2.75) is 6.42 Å². The van der Waals surface area contributed by atoms with Crippen molar-refractivity contribution in [1.29, 1.82) is 0 Å². The Morgan fingerprint density at radius 1 is 1.56 bits per heavy atom. The second kappa shape index (κ2) is 4.80. The lowest BCUT2D eigenvalue weighted by molar-refractivity contribution is 1.11. The Balaban J connectivity index is 2.08. The van der Waals surface area contributed by atoms with Crippen molar-refractivity contribution < 1.29 is 0 Å². The molecule has 0 N–H and O–H groups in total. The highest BCUT2D eigenvalue weighted by molar-refractivity contribution is 8.27. The van der Waals surface area contributed by atoms with Gasteiger partial charge in [-0.15, -0.1) is 0 Å². The van der Waals surface area contributed by atoms with E-state index in [1.807, 2.05) is 0 Å². The van der Waals surface area contributed by atoms with Crippen LogP contribution in [-0.2, 0) is 0 Å². The number of thiol groups is 2. The molecule has 0 spiro atoms. The Morgan fingerprint density at radius 3 is 3.00 bits per heavy atom. The van der Waals surface area contributed by atoms with E-state index in [1.54, 1.807) is 0 Å². The molecule has 1 rings (SSSR count). The summed E-state index contributed by atoms with van der Waals surface area (Å²) >= 11 is 6.38. The first-order valence-corrected chi connectivity index (χ1v) is 7.03. The molecule has 0 bridgehead atoms. The SMILES string of the molecule is SCC[SH]1CCCSC1. The lowest BCUT2D eigenvalue weighted by atomic mass is 10.6. The van der Waals surface area contributed by atoms with Crippen molar-refractivity contribution in [3.05, 3.63) is 0 Å². The molecule has 1 saturated heterocycles. The predicted molar refractivity (Wildman–Crippen MR) is 54.5 cm³/mol. The minimum Gasteiger partial charge on any atom is -0.244 e. The molecule has 0 aromatic carbocycles. The summed E-state index contributed by atoms with van der Waals surface area (Å²) in [5.74, 6) is 5.42. The quantitative estimate of drug-likeness (QED) is 0.616. The maximum Gasteiger partial charge on any atom is 0.0212 e. The summed E-state index contributed by atoms with van der Waals surface area (Å²) in [6.07, 6.45) is 1.46. The minimum atomic E-state index is 0.415. The van der Waals surface area contributed by atoms with Crippen molar-refractivity contribution in [2.75, 3.05) is 28.1 Å². The third kappa shape index (κ3) is 3.10. The van der Waals surface area contributed by atoms with Crippen LogP contribution < -0.4 is 0 Å². The van der Waals surface area contributed by atoms with Crippen molar-refractivity contribution in [1.82, 2.24) is 0 Å². The molecular weight excluding hydrogens is 168 g/mol. The van der Waals surface area contributed by atoms with Crippen molar-refractivity contribution >= 4 is 35.3 Å². The fourth-order valence-corrected chi connectivity index (χ4v) is 6.07. The molecule has 1 aliphatic heterocycles. The van der Waals surface area contributed by atoms with Crippen molar-refractivity contribution in [2.24, 2.45) is 0 Å². The zero-order chi connectivity index (χ0) is 6.53. The third-order valence-corrected chi connectivity index (χ3v) is 6.60. The van der Waals surface area contributed by atoms with Gasteiger partial charge < -0.3 is 0 Å². The van der Waals surface area contributed by atoms with Gasteiger partial charge in [0.1, 0.15) is 0 Å². The van der Waals surface area contributed by atoms with E-state index in [1.165, 1.54) is 28.8 Å². The van der Waals surface area contributed by atoms with Gasteiger partial charge in [0.15, 0.2) is 0 Å². The fourth-order valence-electron chi connectivity index (χ4n) is 0.966. The highest BCUT2D eigenvalue weighted by atomic mass is 32.2. The van der Waals surface area contributed by atoms with Gasteiger partial charge in [-0.05, 0) is 29.4 Å². The van der Waals surface area contributed by atoms with Crippen LogP contribution >= 0.6 is 35.3 Å². The minimum absolute atomic E-state index is 0.415. The largest absolute Gasteiger partial charge is 0.244 e. The summed E-state index contributed by atoms with van der Waals surface area (Å²) in [5.41, 5.74) is 0. The maximum absolute atomic E-state index is 4.24. The Morgan fingerprint density at radius 2 is 2.44 bits per heavy atom. The molecule has 1 fully saturated rings. The number of rotatable bonds is 2. The van der Waals surface area contributed by atoms with Crippen LogP contribution in [0.4, 0.5) is 0 Å². The van der Waals surface area contributed by atoms with E-state index in [0.717, 1.165) is 5.75 Å². The zero-order valence-corrected chi connectivity index (χ0v) is 8.15. The lowest BCUT2D eigenvalue weighted by Gasteiger charge is -2.24. The molecule has 1 heterocycles. The smallest absolute Gasteiger partial charge is 0.0212 e. The van der Waals surface area contributed by atoms with Gasteiger partial charge in [0.25, 0.3) is 0 Å². The molecule has 3 heteroatoms. The van der Waals surface area contributed by atoms with Crippen LogP contribution in [0.3, 0.4) is 0 Å². The maximum atomic E-state index is 4.24. The van der Waals surface area contributed by atoms with E-state index < -0.39 is 0 Å². The molecule has 0 aromatic rings. The second-order valence-electron chi connectivity index (χ2n) is 2.23. The molecule has 0 aromatic heterocycles. The Labute approximate surface area is 69.9 Å². The average molecular weight is 182 g/mol. The van der Waals surface area contributed by atoms with Crippen LogP contribution in [0, 0.1) is 0 Å². The highest BCUT2D eigenvalue weighted by Crippen LogP contribution is 2.35. The van der Waals surface area contributed by atoms with Crippen molar-refractivity contribution in [3.8, 4) is 0 Å². The molecule has 0 radical (unpaired) electrons. The molecule has 9 heavy (non-hydrogen) atoms. The van der Waals surface area contributed by atoms with Crippen LogP contribution in [0.25, 0.3) is 0 Å². The van der Waals surface area contributed by atoms with Gasteiger partial charge >= 0.3 is 0 Å². The van der Waals surface area contributed by atoms with E-state index in [9.17, 15) is 0 Å². The summed E-state index contributed by atoms with van der Waals surface area (Å²) in [5, 5.41) is 1.45. The fraction of sp³-hybridized carbons (Fsp3) is 1.00. The predicted octanol–water partition coefficient (Wildman–Crippen LogP) is 2.01. The van der Waals surface area contributed by atoms with Gasteiger partial charge in [-0.2, -0.15) is 24.4 Å². The number of thioether (sulfide) groups is 1. The average Bonchev–Trinajstić information content (AvgIpc) is 1.91. The molecule has 0 aliphatic carbocycles. The van der Waals surface area contributed by atoms with Gasteiger partial charge in [-0.3, -0.25) is 0 Å². The van der Waals surface area contributed by atoms with E-state index in [0.29, 0.717) is 10.9 Å². The summed E-state index contributed by atoms with van der Waals surface area (Å²) in [7, 11) is 0.415. The molecule has 56 valence electrons. The molecule has 0 saturated carbocycles. The third-order valence-electron chi connectivity index (χ3n) is 1.45. The van der Waals surface area contributed by atoms with Gasteiger partial charge in [0, 0.05) is 5.08 Å². The van der Waals surface area contributed by atoms with Crippen LogP contribution in [0.15, 0.2) is 0 Å². The molecule has 1 atom stereocenters. The molecule has 1 unspecified atom stereocenters. The molecule has 0 nitrogen and oxygen atoms in total. The van der Waals surface area contributed by atoms with Crippen LogP contribution in [0.2, 0.25) is 0 Å². The van der Waals surface area contributed by atoms with E-state index in [4.69, 9.17) is 0 Å². The first-order chi connectivity index (χ1) is 4.43.